The molecule has 0 saturated heterocycles. The topological polar surface area (TPSA) is 26.3 Å². The molecule has 0 aromatic carbocycles. The molecule has 1 unspecified atom stereocenters. The second-order valence-electron chi connectivity index (χ2n) is 6.28. The van der Waals surface area contributed by atoms with E-state index in [1.54, 1.807) is 0 Å². The van der Waals surface area contributed by atoms with Crippen LogP contribution in [0.5, 0.6) is 0 Å². The number of esters is 1. The fourth-order valence-electron chi connectivity index (χ4n) is 2.46. The Morgan fingerprint density at radius 3 is 2.04 bits per heavy atom. The van der Waals surface area contributed by atoms with Crippen LogP contribution in [-0.4, -0.2) is 12.6 Å². The minimum absolute atomic E-state index is 0.122. The van der Waals surface area contributed by atoms with Crippen LogP contribution in [0.25, 0.3) is 0 Å². The molecule has 0 bridgehead atoms. The summed E-state index contributed by atoms with van der Waals surface area (Å²) in [6, 6.07) is 0. The first-order chi connectivity index (χ1) is 11.2. The second kappa shape index (κ2) is 17.3. The third kappa shape index (κ3) is 15.6. The molecule has 2 heteroatoms. The number of carbonyl (C=O) groups excluding carboxylic acids is 1. The van der Waals surface area contributed by atoms with Crippen molar-refractivity contribution in [2.75, 3.05) is 6.61 Å². The lowest BCUT2D eigenvalue weighted by Gasteiger charge is -2.04. The molecule has 0 N–H and O–H groups in total. The monoisotopic (exact) mass is 322 g/mol. The van der Waals surface area contributed by atoms with Gasteiger partial charge in [0.05, 0.1) is 12.5 Å². The van der Waals surface area contributed by atoms with Crippen molar-refractivity contribution in [1.82, 2.24) is 0 Å². The third-order valence-corrected chi connectivity index (χ3v) is 3.97. The van der Waals surface area contributed by atoms with Crippen LogP contribution in [0.15, 0.2) is 24.3 Å². The zero-order chi connectivity index (χ0) is 17.2. The van der Waals surface area contributed by atoms with Gasteiger partial charge in [-0.1, -0.05) is 69.8 Å². The maximum absolute atomic E-state index is 11.4. The minimum Gasteiger partial charge on any atom is -0.466 e. The van der Waals surface area contributed by atoms with Crippen LogP contribution < -0.4 is 0 Å². The summed E-state index contributed by atoms with van der Waals surface area (Å²) in [5.74, 6) is -0.249. The molecular weight excluding hydrogens is 284 g/mol. The van der Waals surface area contributed by atoms with E-state index in [1.807, 2.05) is 19.9 Å². The van der Waals surface area contributed by atoms with Crippen molar-refractivity contribution in [1.29, 1.82) is 0 Å². The standard InChI is InChI=1S/C21H38O2/c1-4-6-7-8-9-10-11-12-13-14-15-16-17-18-19-20(3)21(22)23-5-2/h13-14,18-20H,4-12,15-17H2,1-3H3. The fraction of sp³-hybridized carbons (Fsp3) is 0.762. The summed E-state index contributed by atoms with van der Waals surface area (Å²) in [7, 11) is 0. The van der Waals surface area contributed by atoms with Gasteiger partial charge in [-0.2, -0.15) is 0 Å². The highest BCUT2D eigenvalue weighted by Crippen LogP contribution is 2.09. The number of unbranched alkanes of at least 4 members (excludes halogenated alkanes) is 9. The molecule has 1 atom stereocenters. The molecule has 0 rings (SSSR count). The van der Waals surface area contributed by atoms with Crippen LogP contribution in [0.4, 0.5) is 0 Å². The van der Waals surface area contributed by atoms with Crippen molar-refractivity contribution >= 4 is 5.97 Å². The second-order valence-corrected chi connectivity index (χ2v) is 6.28. The highest BCUT2D eigenvalue weighted by Gasteiger charge is 2.08. The number of ether oxygens (including phenoxy) is 1. The smallest absolute Gasteiger partial charge is 0.312 e. The molecule has 0 saturated carbocycles. The molecule has 0 aromatic rings. The van der Waals surface area contributed by atoms with Gasteiger partial charge in [-0.05, 0) is 46.0 Å². The molecule has 0 radical (unpaired) electrons. The van der Waals surface area contributed by atoms with Gasteiger partial charge in [0.25, 0.3) is 0 Å². The first-order valence-corrected chi connectivity index (χ1v) is 9.70. The van der Waals surface area contributed by atoms with Crippen molar-refractivity contribution in [3.63, 3.8) is 0 Å². The molecule has 0 aromatic heterocycles. The molecule has 0 spiro atoms. The Balaban J connectivity index is 3.39. The number of hydrogen-bond acceptors (Lipinski definition) is 2. The van der Waals surface area contributed by atoms with E-state index in [2.05, 4.69) is 25.2 Å². The van der Waals surface area contributed by atoms with Crippen LogP contribution in [0.1, 0.15) is 91.4 Å². The number of allylic oxidation sites excluding steroid dienone is 3. The van der Waals surface area contributed by atoms with Gasteiger partial charge in [0.2, 0.25) is 0 Å². The van der Waals surface area contributed by atoms with Gasteiger partial charge < -0.3 is 4.74 Å². The zero-order valence-electron chi connectivity index (χ0n) is 15.7. The predicted molar refractivity (Wildman–Crippen MR) is 101 cm³/mol. The summed E-state index contributed by atoms with van der Waals surface area (Å²) in [6.07, 6.45) is 22.9. The van der Waals surface area contributed by atoms with E-state index >= 15 is 0 Å². The maximum Gasteiger partial charge on any atom is 0.312 e. The quantitative estimate of drug-likeness (QED) is 0.193. The molecule has 134 valence electrons. The van der Waals surface area contributed by atoms with Crippen molar-refractivity contribution in [2.45, 2.75) is 91.4 Å². The highest BCUT2D eigenvalue weighted by molar-refractivity contribution is 5.73. The lowest BCUT2D eigenvalue weighted by Crippen LogP contribution is -2.12. The maximum atomic E-state index is 11.4. The summed E-state index contributed by atoms with van der Waals surface area (Å²) in [5, 5.41) is 0. The Morgan fingerprint density at radius 2 is 1.39 bits per heavy atom. The lowest BCUT2D eigenvalue weighted by atomic mass is 10.1. The van der Waals surface area contributed by atoms with Crippen LogP contribution in [0.2, 0.25) is 0 Å². The predicted octanol–water partition coefficient (Wildman–Crippen LogP) is 6.61. The zero-order valence-corrected chi connectivity index (χ0v) is 15.7. The van der Waals surface area contributed by atoms with Crippen molar-refractivity contribution in [3.05, 3.63) is 24.3 Å². The molecule has 0 amide bonds. The average molecular weight is 323 g/mol. The molecule has 0 aliphatic rings. The normalized spacial score (nSPS) is 13.0. The van der Waals surface area contributed by atoms with Gasteiger partial charge in [0, 0.05) is 0 Å². The van der Waals surface area contributed by atoms with E-state index in [0.717, 1.165) is 19.3 Å². The molecular formula is C21H38O2. The van der Waals surface area contributed by atoms with E-state index in [4.69, 9.17) is 4.74 Å². The number of carbonyl (C=O) groups is 1. The van der Waals surface area contributed by atoms with Gasteiger partial charge in [-0.25, -0.2) is 0 Å². The molecule has 0 heterocycles. The molecule has 2 nitrogen and oxygen atoms in total. The van der Waals surface area contributed by atoms with Crippen LogP contribution in [-0.2, 0) is 9.53 Å². The largest absolute Gasteiger partial charge is 0.466 e. The highest BCUT2D eigenvalue weighted by atomic mass is 16.5. The van der Waals surface area contributed by atoms with Crippen molar-refractivity contribution in [2.24, 2.45) is 5.92 Å². The average Bonchev–Trinajstić information content (AvgIpc) is 2.55. The van der Waals surface area contributed by atoms with Gasteiger partial charge in [0.15, 0.2) is 0 Å². The number of rotatable bonds is 15. The van der Waals surface area contributed by atoms with Crippen molar-refractivity contribution in [3.8, 4) is 0 Å². The third-order valence-electron chi connectivity index (χ3n) is 3.97. The Hall–Kier alpha value is -1.05. The molecule has 23 heavy (non-hydrogen) atoms. The van der Waals surface area contributed by atoms with Crippen LogP contribution in [0.3, 0.4) is 0 Å². The van der Waals surface area contributed by atoms with Gasteiger partial charge in [0.1, 0.15) is 0 Å². The molecule has 0 fully saturated rings. The minimum atomic E-state index is -0.127. The molecule has 0 aliphatic carbocycles. The van der Waals surface area contributed by atoms with Crippen molar-refractivity contribution < 1.29 is 9.53 Å². The van der Waals surface area contributed by atoms with Gasteiger partial charge in [-0.3, -0.25) is 4.79 Å². The first-order valence-electron chi connectivity index (χ1n) is 9.70. The Bertz CT molecular complexity index is 318. The van der Waals surface area contributed by atoms with E-state index < -0.39 is 0 Å². The summed E-state index contributed by atoms with van der Waals surface area (Å²) >= 11 is 0. The fourth-order valence-corrected chi connectivity index (χ4v) is 2.46. The molecule has 0 aliphatic heterocycles. The Labute approximate surface area is 144 Å². The van der Waals surface area contributed by atoms with E-state index in [1.165, 1.54) is 51.4 Å². The van der Waals surface area contributed by atoms with Crippen LogP contribution in [0, 0.1) is 5.92 Å². The van der Waals surface area contributed by atoms with Crippen LogP contribution >= 0.6 is 0 Å². The summed E-state index contributed by atoms with van der Waals surface area (Å²) in [4.78, 5) is 11.4. The van der Waals surface area contributed by atoms with Gasteiger partial charge >= 0.3 is 5.97 Å². The lowest BCUT2D eigenvalue weighted by molar-refractivity contribution is -0.145. The number of hydrogen-bond donors (Lipinski definition) is 0. The summed E-state index contributed by atoms with van der Waals surface area (Å²) < 4.78 is 4.97. The van der Waals surface area contributed by atoms with E-state index in [0.29, 0.717) is 6.61 Å². The summed E-state index contributed by atoms with van der Waals surface area (Å²) in [5.41, 5.74) is 0. The summed E-state index contributed by atoms with van der Waals surface area (Å²) in [6.45, 7) is 6.45. The Kier molecular flexibility index (Phi) is 16.5. The van der Waals surface area contributed by atoms with E-state index in [-0.39, 0.29) is 11.9 Å². The Morgan fingerprint density at radius 1 is 0.826 bits per heavy atom. The first kappa shape index (κ1) is 21.9. The van der Waals surface area contributed by atoms with Gasteiger partial charge in [-0.15, -0.1) is 0 Å². The van der Waals surface area contributed by atoms with E-state index in [9.17, 15) is 4.79 Å². The SMILES string of the molecule is CCCCCCCCCC=CCCCC=CC(C)C(=O)OCC.